The first-order valence-corrected chi connectivity index (χ1v) is 12.6. The van der Waals surface area contributed by atoms with Gasteiger partial charge in [-0.2, -0.15) is 0 Å². The monoisotopic (exact) mass is 471 g/mol. The van der Waals surface area contributed by atoms with Gasteiger partial charge in [-0.15, -0.1) is 0 Å². The Hall–Kier alpha value is -3.38. The van der Waals surface area contributed by atoms with Crippen molar-refractivity contribution in [2.24, 2.45) is 5.92 Å². The number of carbonyl (C=O) groups is 2. The first-order valence-electron chi connectivity index (χ1n) is 12.6. The number of methoxy groups -OCH3 is 1. The molecule has 182 valence electrons. The van der Waals surface area contributed by atoms with Crippen molar-refractivity contribution in [1.29, 1.82) is 0 Å². The van der Waals surface area contributed by atoms with Gasteiger partial charge in [0.15, 0.2) is 0 Å². The van der Waals surface area contributed by atoms with Crippen molar-refractivity contribution in [3.05, 3.63) is 71.8 Å². The molecule has 6 heteroatoms. The molecule has 2 atom stereocenters. The number of carbonyl (C=O) groups excluding carboxylic acids is 2. The van der Waals surface area contributed by atoms with E-state index < -0.39 is 0 Å². The zero-order valence-electron chi connectivity index (χ0n) is 20.3. The predicted octanol–water partition coefficient (Wildman–Crippen LogP) is 5.10. The maximum atomic E-state index is 13.1. The van der Waals surface area contributed by atoms with E-state index in [-0.39, 0.29) is 11.8 Å². The maximum Gasteiger partial charge on any atom is 0.259 e. The molecule has 2 unspecified atom stereocenters. The highest BCUT2D eigenvalue weighted by Crippen LogP contribution is 2.31. The minimum absolute atomic E-state index is 0.0997. The first-order chi connectivity index (χ1) is 17.1. The van der Waals surface area contributed by atoms with E-state index in [1.165, 1.54) is 45.2 Å². The van der Waals surface area contributed by atoms with Gasteiger partial charge in [0.25, 0.3) is 11.8 Å². The molecular weight excluding hydrogens is 438 g/mol. The lowest BCUT2D eigenvalue weighted by molar-refractivity contribution is 0.0575. The second kappa shape index (κ2) is 10.5. The van der Waals surface area contributed by atoms with Crippen LogP contribution in [0.2, 0.25) is 0 Å². The maximum absolute atomic E-state index is 13.1. The van der Waals surface area contributed by atoms with Crippen LogP contribution in [0.15, 0.2) is 60.7 Å². The van der Waals surface area contributed by atoms with Gasteiger partial charge in [0.2, 0.25) is 0 Å². The third-order valence-corrected chi connectivity index (χ3v) is 7.45. The molecule has 0 aromatic heterocycles. The van der Waals surface area contributed by atoms with Gasteiger partial charge in [0, 0.05) is 23.8 Å². The SMILES string of the molecule is COc1cc2ccccc2cc1C(=O)Nc1cccc(C(=O)NCC2CCCN3CCCCC23)c1. The molecular formula is C29H33N3O3. The first kappa shape index (κ1) is 23.4. The molecule has 0 saturated carbocycles. The third-order valence-electron chi connectivity index (χ3n) is 7.45. The summed E-state index contributed by atoms with van der Waals surface area (Å²) in [5.74, 6) is 0.651. The Bertz CT molecular complexity index is 1220. The molecule has 0 bridgehead atoms. The second-order valence-electron chi connectivity index (χ2n) is 9.65. The summed E-state index contributed by atoms with van der Waals surface area (Å²) >= 11 is 0. The summed E-state index contributed by atoms with van der Waals surface area (Å²) in [7, 11) is 1.56. The molecule has 2 N–H and O–H groups in total. The normalized spacial score (nSPS) is 20.1. The molecule has 2 heterocycles. The van der Waals surface area contributed by atoms with Gasteiger partial charge in [0.1, 0.15) is 5.75 Å². The number of rotatable bonds is 6. The highest BCUT2D eigenvalue weighted by Gasteiger charge is 2.33. The Balaban J connectivity index is 1.25. The van der Waals surface area contributed by atoms with Crippen LogP contribution in [0, 0.1) is 5.92 Å². The molecule has 2 saturated heterocycles. The van der Waals surface area contributed by atoms with Gasteiger partial charge in [-0.3, -0.25) is 9.59 Å². The molecule has 2 aliphatic heterocycles. The Morgan fingerprint density at radius 1 is 0.914 bits per heavy atom. The second-order valence-corrected chi connectivity index (χ2v) is 9.65. The quantitative estimate of drug-likeness (QED) is 0.525. The van der Waals surface area contributed by atoms with Crippen LogP contribution in [0.1, 0.15) is 52.8 Å². The van der Waals surface area contributed by atoms with Gasteiger partial charge >= 0.3 is 0 Å². The van der Waals surface area contributed by atoms with E-state index in [4.69, 9.17) is 4.74 Å². The number of nitrogens with one attached hydrogen (secondary N) is 2. The van der Waals surface area contributed by atoms with Crippen molar-refractivity contribution >= 4 is 28.3 Å². The van der Waals surface area contributed by atoms with Crippen molar-refractivity contribution in [3.8, 4) is 5.75 Å². The molecule has 2 fully saturated rings. The fourth-order valence-corrected chi connectivity index (χ4v) is 5.64. The molecule has 0 spiro atoms. The van der Waals surface area contributed by atoms with E-state index in [9.17, 15) is 9.59 Å². The number of nitrogens with zero attached hydrogens (tertiary/aromatic N) is 1. The lowest BCUT2D eigenvalue weighted by atomic mass is 9.83. The number of amides is 2. The van der Waals surface area contributed by atoms with Crippen molar-refractivity contribution < 1.29 is 14.3 Å². The van der Waals surface area contributed by atoms with Crippen molar-refractivity contribution in [1.82, 2.24) is 10.2 Å². The number of hydrogen-bond acceptors (Lipinski definition) is 4. The summed E-state index contributed by atoms with van der Waals surface area (Å²) in [6.07, 6.45) is 6.19. The fourth-order valence-electron chi connectivity index (χ4n) is 5.64. The number of anilines is 1. The number of hydrogen-bond donors (Lipinski definition) is 2. The summed E-state index contributed by atoms with van der Waals surface area (Å²) in [5.41, 5.74) is 1.58. The third kappa shape index (κ3) is 5.17. The van der Waals surface area contributed by atoms with Crippen LogP contribution in [0.25, 0.3) is 10.8 Å². The van der Waals surface area contributed by atoms with E-state index in [1.807, 2.05) is 36.4 Å². The Labute approximate surface area is 206 Å². The Morgan fingerprint density at radius 2 is 1.71 bits per heavy atom. The molecule has 3 aromatic rings. The van der Waals surface area contributed by atoms with E-state index >= 15 is 0 Å². The van der Waals surface area contributed by atoms with E-state index in [1.54, 1.807) is 31.4 Å². The van der Waals surface area contributed by atoms with Crippen molar-refractivity contribution in [3.63, 3.8) is 0 Å². The van der Waals surface area contributed by atoms with Crippen LogP contribution in [-0.2, 0) is 0 Å². The average Bonchev–Trinajstić information content (AvgIpc) is 2.91. The van der Waals surface area contributed by atoms with Crippen LogP contribution < -0.4 is 15.4 Å². The summed E-state index contributed by atoms with van der Waals surface area (Å²) in [4.78, 5) is 28.6. The van der Waals surface area contributed by atoms with E-state index in [2.05, 4.69) is 15.5 Å². The number of benzene rings is 3. The minimum atomic E-state index is -0.273. The molecule has 6 nitrogen and oxygen atoms in total. The van der Waals surface area contributed by atoms with Crippen molar-refractivity contribution in [2.45, 2.75) is 38.1 Å². The standard InChI is InChI=1S/C29H33N3O3/c1-35-27-18-21-9-3-2-8-20(21)17-25(27)29(34)31-24-12-6-10-22(16-24)28(33)30-19-23-11-7-15-32-14-5-4-13-26(23)32/h2-3,6,8-10,12,16-18,23,26H,4-5,7,11,13-15,19H2,1H3,(H,30,33)(H,31,34). The molecule has 2 aliphatic rings. The fraction of sp³-hybridized carbons (Fsp3) is 0.379. The highest BCUT2D eigenvalue weighted by molar-refractivity contribution is 6.09. The summed E-state index contributed by atoms with van der Waals surface area (Å²) < 4.78 is 5.47. The van der Waals surface area contributed by atoms with Crippen LogP contribution >= 0.6 is 0 Å². The van der Waals surface area contributed by atoms with Crippen LogP contribution in [-0.4, -0.2) is 49.5 Å². The summed E-state index contributed by atoms with van der Waals surface area (Å²) in [6, 6.07) is 19.3. The van der Waals surface area contributed by atoms with Gasteiger partial charge in [-0.1, -0.05) is 36.8 Å². The predicted molar refractivity (Wildman–Crippen MR) is 139 cm³/mol. The van der Waals surface area contributed by atoms with Gasteiger partial charge in [-0.05, 0) is 85.8 Å². The zero-order valence-corrected chi connectivity index (χ0v) is 20.3. The molecule has 0 radical (unpaired) electrons. The Morgan fingerprint density at radius 3 is 2.54 bits per heavy atom. The minimum Gasteiger partial charge on any atom is -0.496 e. The van der Waals surface area contributed by atoms with Gasteiger partial charge in [-0.25, -0.2) is 0 Å². The molecule has 5 rings (SSSR count). The van der Waals surface area contributed by atoms with Gasteiger partial charge < -0.3 is 20.3 Å². The van der Waals surface area contributed by atoms with Crippen LogP contribution in [0.4, 0.5) is 5.69 Å². The molecule has 0 aliphatic carbocycles. The lowest BCUT2D eigenvalue weighted by Crippen LogP contribution is -2.51. The van der Waals surface area contributed by atoms with Crippen LogP contribution in [0.3, 0.4) is 0 Å². The van der Waals surface area contributed by atoms with Gasteiger partial charge in [0.05, 0.1) is 12.7 Å². The largest absolute Gasteiger partial charge is 0.496 e. The highest BCUT2D eigenvalue weighted by atomic mass is 16.5. The molecule has 2 amide bonds. The zero-order chi connectivity index (χ0) is 24.2. The number of fused-ring (bicyclic) bond motifs is 2. The topological polar surface area (TPSA) is 70.7 Å². The smallest absolute Gasteiger partial charge is 0.259 e. The lowest BCUT2D eigenvalue weighted by Gasteiger charge is -2.44. The summed E-state index contributed by atoms with van der Waals surface area (Å²) in [5, 5.41) is 8.06. The van der Waals surface area contributed by atoms with E-state index in [0.29, 0.717) is 41.1 Å². The van der Waals surface area contributed by atoms with Crippen LogP contribution in [0.5, 0.6) is 5.75 Å². The molecule has 35 heavy (non-hydrogen) atoms. The Kier molecular flexibility index (Phi) is 7.00. The summed E-state index contributed by atoms with van der Waals surface area (Å²) in [6.45, 7) is 3.09. The number of ether oxygens (including phenoxy) is 1. The molecule has 3 aromatic carbocycles. The number of piperidine rings is 2. The van der Waals surface area contributed by atoms with Crippen molar-refractivity contribution in [2.75, 3.05) is 32.1 Å². The van der Waals surface area contributed by atoms with E-state index in [0.717, 1.165) is 10.8 Å². The average molecular weight is 472 g/mol.